The first-order valence-corrected chi connectivity index (χ1v) is 17.8. The number of para-hydroxylation sites is 3. The second-order valence-corrected chi connectivity index (χ2v) is 13.2. The van der Waals surface area contributed by atoms with Gasteiger partial charge in [-0.3, -0.25) is 8.97 Å². The average molecular weight is 696 g/mol. The molecule has 0 saturated heterocycles. The fourth-order valence-corrected chi connectivity index (χ4v) is 7.26. The Balaban J connectivity index is 1.10. The zero-order valence-corrected chi connectivity index (χ0v) is 29.0. The van der Waals surface area contributed by atoms with E-state index in [9.17, 15) is 0 Å². The van der Waals surface area contributed by atoms with Crippen LogP contribution in [-0.2, 0) is 0 Å². The van der Waals surface area contributed by atoms with Gasteiger partial charge in [0.15, 0.2) is 0 Å². The number of nitrogens with zero attached hydrogens (tertiary/aromatic N) is 4. The van der Waals surface area contributed by atoms with Crippen molar-refractivity contribution in [2.24, 2.45) is 0 Å². The highest BCUT2D eigenvalue weighted by Gasteiger charge is 2.17. The highest BCUT2D eigenvalue weighted by atomic mass is 15.1. The molecule has 0 fully saturated rings. The van der Waals surface area contributed by atoms with Crippen LogP contribution in [0.4, 0.5) is 0 Å². The lowest BCUT2D eigenvalue weighted by molar-refractivity contribution is 1.10. The van der Waals surface area contributed by atoms with Crippen molar-refractivity contribution < 1.29 is 6.85 Å². The smallest absolute Gasteiger partial charge is 0.145 e. The molecule has 0 amide bonds. The van der Waals surface area contributed by atoms with E-state index < -0.39 is 6.04 Å². The predicted molar refractivity (Wildman–Crippen MR) is 222 cm³/mol. The molecule has 0 atom stereocenters. The highest BCUT2D eigenvalue weighted by molar-refractivity contribution is 5.87. The van der Waals surface area contributed by atoms with Gasteiger partial charge in [-0.1, -0.05) is 145 Å². The monoisotopic (exact) mass is 695 g/mol. The van der Waals surface area contributed by atoms with E-state index in [0.29, 0.717) is 5.56 Å². The lowest BCUT2D eigenvalue weighted by Gasteiger charge is -2.13. The molecule has 4 heteroatoms. The minimum Gasteiger partial charge on any atom is -0.299 e. The second-order valence-electron chi connectivity index (χ2n) is 13.2. The van der Waals surface area contributed by atoms with Crippen LogP contribution in [0.15, 0.2) is 206 Å². The first kappa shape index (κ1) is 26.5. The average Bonchev–Trinajstić information content (AvgIpc) is 3.88. The summed E-state index contributed by atoms with van der Waals surface area (Å²) in [4.78, 5) is 10.1. The molecular weight excluding hydrogens is 657 g/mol. The van der Waals surface area contributed by atoms with Gasteiger partial charge in [-0.25, -0.2) is 9.97 Å². The minimum absolute atomic E-state index is 0.154. The van der Waals surface area contributed by atoms with Crippen molar-refractivity contribution in [3.8, 4) is 73.0 Å². The Kier molecular flexibility index (Phi) is 6.54. The fraction of sp³-hybridized carbons (Fsp3) is 0. The summed E-state index contributed by atoms with van der Waals surface area (Å²) >= 11 is 0. The van der Waals surface area contributed by atoms with Crippen LogP contribution in [0, 0.1) is 0 Å². The van der Waals surface area contributed by atoms with Crippen molar-refractivity contribution in [2.75, 3.05) is 0 Å². The molecule has 0 aliphatic carbocycles. The molecule has 3 aromatic heterocycles. The molecular formula is C50H34N4. The van der Waals surface area contributed by atoms with Gasteiger partial charge in [-0.2, -0.15) is 0 Å². The summed E-state index contributed by atoms with van der Waals surface area (Å²) in [5, 5.41) is 0. The Bertz CT molecular complexity index is 2980. The van der Waals surface area contributed by atoms with Gasteiger partial charge in [-0.05, 0) is 88.0 Å². The maximum Gasteiger partial charge on any atom is 0.145 e. The summed E-state index contributed by atoms with van der Waals surface area (Å²) in [5.41, 5.74) is 12.8. The number of imidazole rings is 2. The molecule has 0 N–H and O–H groups in total. The number of rotatable bonds is 7. The van der Waals surface area contributed by atoms with E-state index in [2.05, 4.69) is 81.8 Å². The summed E-state index contributed by atoms with van der Waals surface area (Å²) in [6, 6.07) is 55.2. The van der Waals surface area contributed by atoms with E-state index in [0.717, 1.165) is 78.5 Å². The van der Waals surface area contributed by atoms with Gasteiger partial charge in [0.25, 0.3) is 0 Å². The summed E-state index contributed by atoms with van der Waals surface area (Å²) in [6.07, 6.45) is 2.03. The van der Waals surface area contributed by atoms with Gasteiger partial charge in [0.2, 0.25) is 0 Å². The van der Waals surface area contributed by atoms with E-state index in [1.54, 1.807) is 0 Å². The molecule has 0 aliphatic heterocycles. The lowest BCUT2D eigenvalue weighted by atomic mass is 9.92. The Morgan fingerprint density at radius 1 is 0.426 bits per heavy atom. The van der Waals surface area contributed by atoms with Crippen LogP contribution in [0.2, 0.25) is 0 Å². The number of fused-ring (bicyclic) bond motifs is 2. The number of pyridine rings is 1. The molecule has 254 valence electrons. The predicted octanol–water partition coefficient (Wildman–Crippen LogP) is 12.7. The Hall–Kier alpha value is -7.30. The number of benzene rings is 7. The van der Waals surface area contributed by atoms with Crippen LogP contribution in [0.1, 0.15) is 6.85 Å². The van der Waals surface area contributed by atoms with E-state index in [-0.39, 0.29) is 29.7 Å². The molecule has 10 rings (SSSR count). The lowest BCUT2D eigenvalue weighted by Crippen LogP contribution is -1.97. The molecule has 7 aromatic carbocycles. The molecule has 0 unspecified atom stereocenters. The number of hydrogen-bond donors (Lipinski definition) is 0. The first-order chi connectivity index (χ1) is 28.8. The topological polar surface area (TPSA) is 35.1 Å². The van der Waals surface area contributed by atoms with Gasteiger partial charge in [0.1, 0.15) is 11.5 Å². The van der Waals surface area contributed by atoms with E-state index in [1.807, 2.05) is 103 Å². The van der Waals surface area contributed by atoms with Crippen molar-refractivity contribution in [2.45, 2.75) is 0 Å². The maximum atomic E-state index is 8.85. The Labute approximate surface area is 321 Å². The second kappa shape index (κ2) is 13.4. The van der Waals surface area contributed by atoms with Crippen molar-refractivity contribution in [3.63, 3.8) is 0 Å². The van der Waals surface area contributed by atoms with Crippen LogP contribution < -0.4 is 0 Å². The van der Waals surface area contributed by atoms with E-state index in [4.69, 9.17) is 16.8 Å². The molecule has 54 heavy (non-hydrogen) atoms. The Morgan fingerprint density at radius 3 is 1.70 bits per heavy atom. The Morgan fingerprint density at radius 2 is 1.00 bits per heavy atom. The van der Waals surface area contributed by atoms with Gasteiger partial charge < -0.3 is 0 Å². The minimum atomic E-state index is -0.422. The van der Waals surface area contributed by atoms with Gasteiger partial charge in [0, 0.05) is 28.6 Å². The summed E-state index contributed by atoms with van der Waals surface area (Å²) in [7, 11) is 0. The van der Waals surface area contributed by atoms with Crippen molar-refractivity contribution in [1.82, 2.24) is 18.9 Å². The van der Waals surface area contributed by atoms with Crippen LogP contribution >= 0.6 is 0 Å². The molecule has 10 aromatic rings. The van der Waals surface area contributed by atoms with Gasteiger partial charge >= 0.3 is 0 Å². The fourth-order valence-electron chi connectivity index (χ4n) is 7.26. The van der Waals surface area contributed by atoms with Gasteiger partial charge in [-0.15, -0.1) is 0 Å². The number of hydrogen-bond acceptors (Lipinski definition) is 2. The molecule has 0 radical (unpaired) electrons. The third-order valence-electron chi connectivity index (χ3n) is 9.84. The zero-order chi connectivity index (χ0) is 40.2. The molecule has 0 saturated carbocycles. The normalized spacial score (nSPS) is 12.6. The van der Waals surface area contributed by atoms with E-state index in [1.165, 1.54) is 0 Å². The van der Waals surface area contributed by atoms with Gasteiger partial charge in [0.05, 0.1) is 29.3 Å². The maximum absolute atomic E-state index is 8.85. The van der Waals surface area contributed by atoms with Crippen LogP contribution in [0.25, 0.3) is 89.7 Å². The largest absolute Gasteiger partial charge is 0.299 e. The van der Waals surface area contributed by atoms with Crippen LogP contribution in [0.3, 0.4) is 0 Å². The standard InChI is InChI=1S/C50H34N4/c1-4-14-35(15-5-1)41-32-42(36-23-27-38(28-24-36)48-49(39-16-6-2-7-17-39)53-31-13-12-22-47(53)52-48)34-43(33-41)37-25-29-40(30-26-37)50-51-45-20-10-11-21-46(45)54(50)44-18-8-3-9-19-44/h1-34H/i1D,4D,5D,14D,15D. The summed E-state index contributed by atoms with van der Waals surface area (Å²) in [6.45, 7) is 0. The first-order valence-electron chi connectivity index (χ1n) is 20.3. The quantitative estimate of drug-likeness (QED) is 0.166. The highest BCUT2D eigenvalue weighted by Crippen LogP contribution is 2.37. The van der Waals surface area contributed by atoms with Crippen molar-refractivity contribution >= 4 is 16.7 Å². The van der Waals surface area contributed by atoms with E-state index >= 15 is 0 Å². The molecule has 4 nitrogen and oxygen atoms in total. The summed E-state index contributed by atoms with van der Waals surface area (Å²) < 4.78 is 47.1. The van der Waals surface area contributed by atoms with Crippen molar-refractivity contribution in [3.05, 3.63) is 206 Å². The number of aromatic nitrogens is 4. The molecule has 0 spiro atoms. The summed E-state index contributed by atoms with van der Waals surface area (Å²) in [5.74, 6) is 0.818. The molecule has 3 heterocycles. The van der Waals surface area contributed by atoms with Crippen LogP contribution in [-0.4, -0.2) is 18.9 Å². The SMILES string of the molecule is [2H]c1c([2H])c([2H])c(-c2cc(-c3ccc(-c4nc5ccccn5c4-c4ccccc4)cc3)cc(-c3ccc(-c4nc5ccccc5n4-c4ccccc4)cc3)c2)c([2H])c1[2H]. The molecule has 0 bridgehead atoms. The zero-order valence-electron chi connectivity index (χ0n) is 34.0. The van der Waals surface area contributed by atoms with Crippen LogP contribution in [0.5, 0.6) is 0 Å². The molecule has 0 aliphatic rings. The third-order valence-corrected chi connectivity index (χ3v) is 9.84. The third kappa shape index (κ3) is 5.67. The van der Waals surface area contributed by atoms with Crippen molar-refractivity contribution in [1.29, 1.82) is 0 Å².